The number of hydrazine groups is 1. The monoisotopic (exact) mass is 414 g/mol. The summed E-state index contributed by atoms with van der Waals surface area (Å²) in [6.07, 6.45) is 2.45. The molecule has 2 rings (SSSR count). The highest BCUT2D eigenvalue weighted by Gasteiger charge is 2.14. The lowest BCUT2D eigenvalue weighted by atomic mass is 10.2. The minimum atomic E-state index is -0.508. The van der Waals surface area contributed by atoms with Crippen LogP contribution in [0.5, 0.6) is 23.0 Å². The van der Waals surface area contributed by atoms with Crippen molar-refractivity contribution >= 4 is 11.8 Å². The Bertz CT molecular complexity index is 897. The van der Waals surface area contributed by atoms with Gasteiger partial charge in [-0.25, -0.2) is 0 Å². The second kappa shape index (κ2) is 11.4. The fraction of sp³-hybridized carbons (Fsp3) is 0.273. The van der Waals surface area contributed by atoms with Crippen molar-refractivity contribution in [2.75, 3.05) is 27.4 Å². The Hall–Kier alpha value is -3.68. The minimum Gasteiger partial charge on any atom is -0.493 e. The van der Waals surface area contributed by atoms with E-state index in [2.05, 4.69) is 17.4 Å². The molecule has 2 aromatic carbocycles. The fourth-order valence-electron chi connectivity index (χ4n) is 2.47. The normalized spacial score (nSPS) is 9.97. The summed E-state index contributed by atoms with van der Waals surface area (Å²) in [5.74, 6) is 0.847. The van der Waals surface area contributed by atoms with Gasteiger partial charge in [-0.15, -0.1) is 0 Å². The van der Waals surface area contributed by atoms with Crippen molar-refractivity contribution in [1.82, 2.24) is 10.9 Å². The number of hydrogen-bond acceptors (Lipinski definition) is 6. The molecule has 0 saturated carbocycles. The molecule has 0 heterocycles. The van der Waals surface area contributed by atoms with E-state index in [1.54, 1.807) is 36.4 Å². The summed E-state index contributed by atoms with van der Waals surface area (Å²) in [5.41, 5.74) is 5.35. The lowest BCUT2D eigenvalue weighted by Crippen LogP contribution is -2.41. The average Bonchev–Trinajstić information content (AvgIpc) is 2.79. The molecular weight excluding hydrogens is 388 g/mol. The predicted molar refractivity (Wildman–Crippen MR) is 112 cm³/mol. The molecule has 0 bridgehead atoms. The maximum atomic E-state index is 12.4. The molecule has 0 aliphatic rings. The Morgan fingerprint density at radius 1 is 0.867 bits per heavy atom. The van der Waals surface area contributed by atoms with Gasteiger partial charge in [0.2, 0.25) is 0 Å². The zero-order chi connectivity index (χ0) is 21.9. The summed E-state index contributed by atoms with van der Waals surface area (Å²) >= 11 is 0. The molecule has 2 amide bonds. The quantitative estimate of drug-likeness (QED) is 0.458. The standard InChI is InChI=1S/C22H26N2O6/c1-5-11-29-17-9-7-15(13-19(17)27-3)21(25)23-24-22(26)16-8-10-18(30-12-6-2)20(14-16)28-4/h5,7-10,13-14H,1,6,11-12H2,2-4H3,(H,23,25)(H,24,26). The lowest BCUT2D eigenvalue weighted by molar-refractivity contribution is 0.0846. The molecule has 8 heteroatoms. The SMILES string of the molecule is C=CCOc1ccc(C(=O)NNC(=O)c2ccc(OCCC)c(OC)c2)cc1OC. The summed E-state index contributed by atoms with van der Waals surface area (Å²) in [6.45, 7) is 6.43. The van der Waals surface area contributed by atoms with E-state index in [-0.39, 0.29) is 0 Å². The number of methoxy groups -OCH3 is 2. The van der Waals surface area contributed by atoms with E-state index >= 15 is 0 Å². The van der Waals surface area contributed by atoms with Crippen LogP contribution in [-0.2, 0) is 0 Å². The second-order valence-electron chi connectivity index (χ2n) is 6.09. The Morgan fingerprint density at radius 3 is 1.80 bits per heavy atom. The molecule has 0 fully saturated rings. The largest absolute Gasteiger partial charge is 0.493 e. The molecule has 0 saturated heterocycles. The van der Waals surface area contributed by atoms with Crippen molar-refractivity contribution in [2.24, 2.45) is 0 Å². The van der Waals surface area contributed by atoms with Crippen LogP contribution in [0.3, 0.4) is 0 Å². The molecule has 0 aliphatic heterocycles. The molecule has 0 atom stereocenters. The van der Waals surface area contributed by atoms with Crippen molar-refractivity contribution in [3.05, 3.63) is 60.2 Å². The van der Waals surface area contributed by atoms with E-state index in [9.17, 15) is 9.59 Å². The number of amides is 2. The van der Waals surface area contributed by atoms with Gasteiger partial charge in [0.1, 0.15) is 6.61 Å². The van der Waals surface area contributed by atoms with Gasteiger partial charge in [-0.3, -0.25) is 20.4 Å². The van der Waals surface area contributed by atoms with E-state index in [0.717, 1.165) is 6.42 Å². The van der Waals surface area contributed by atoms with Crippen LogP contribution in [0.15, 0.2) is 49.1 Å². The molecule has 0 radical (unpaired) electrons. The number of rotatable bonds is 10. The molecule has 0 aromatic heterocycles. The van der Waals surface area contributed by atoms with Gasteiger partial charge in [0.15, 0.2) is 23.0 Å². The van der Waals surface area contributed by atoms with Crippen molar-refractivity contribution in [3.8, 4) is 23.0 Å². The zero-order valence-corrected chi connectivity index (χ0v) is 17.3. The first-order valence-electron chi connectivity index (χ1n) is 9.37. The number of benzene rings is 2. The van der Waals surface area contributed by atoms with Crippen LogP contribution < -0.4 is 29.8 Å². The first-order chi connectivity index (χ1) is 14.5. The number of carbonyl (C=O) groups is 2. The van der Waals surface area contributed by atoms with Gasteiger partial charge in [0.05, 0.1) is 20.8 Å². The van der Waals surface area contributed by atoms with Crippen molar-refractivity contribution in [1.29, 1.82) is 0 Å². The predicted octanol–water partition coefficient (Wildman–Crippen LogP) is 3.13. The Morgan fingerprint density at radius 2 is 1.37 bits per heavy atom. The third kappa shape index (κ3) is 5.91. The highest BCUT2D eigenvalue weighted by molar-refractivity contribution is 5.99. The average molecular weight is 414 g/mol. The van der Waals surface area contributed by atoms with E-state index in [0.29, 0.717) is 47.3 Å². The number of carbonyl (C=O) groups excluding carboxylic acids is 2. The second-order valence-corrected chi connectivity index (χ2v) is 6.09. The number of nitrogens with one attached hydrogen (secondary N) is 2. The number of ether oxygens (including phenoxy) is 4. The van der Waals surface area contributed by atoms with E-state index in [4.69, 9.17) is 18.9 Å². The molecule has 2 aromatic rings. The molecule has 0 unspecified atom stereocenters. The number of hydrogen-bond donors (Lipinski definition) is 2. The maximum Gasteiger partial charge on any atom is 0.269 e. The van der Waals surface area contributed by atoms with Crippen molar-refractivity contribution in [2.45, 2.75) is 13.3 Å². The molecule has 30 heavy (non-hydrogen) atoms. The van der Waals surface area contributed by atoms with Crippen LogP contribution in [0.4, 0.5) is 0 Å². The summed E-state index contributed by atoms with van der Waals surface area (Å²) in [4.78, 5) is 24.8. The van der Waals surface area contributed by atoms with E-state index in [1.165, 1.54) is 20.3 Å². The van der Waals surface area contributed by atoms with Gasteiger partial charge < -0.3 is 18.9 Å². The zero-order valence-electron chi connectivity index (χ0n) is 17.3. The highest BCUT2D eigenvalue weighted by atomic mass is 16.5. The summed E-state index contributed by atoms with van der Waals surface area (Å²) in [6, 6.07) is 9.47. The van der Waals surface area contributed by atoms with E-state index < -0.39 is 11.8 Å². The Balaban J connectivity index is 2.03. The molecule has 160 valence electrons. The lowest BCUT2D eigenvalue weighted by Gasteiger charge is -2.13. The van der Waals surface area contributed by atoms with Gasteiger partial charge in [-0.2, -0.15) is 0 Å². The topological polar surface area (TPSA) is 95.1 Å². The van der Waals surface area contributed by atoms with Gasteiger partial charge in [-0.05, 0) is 42.8 Å². The van der Waals surface area contributed by atoms with Crippen LogP contribution in [0.25, 0.3) is 0 Å². The van der Waals surface area contributed by atoms with Crippen LogP contribution in [0.1, 0.15) is 34.1 Å². The van der Waals surface area contributed by atoms with Crippen LogP contribution in [0.2, 0.25) is 0 Å². The third-order valence-electron chi connectivity index (χ3n) is 3.96. The van der Waals surface area contributed by atoms with Gasteiger partial charge in [-0.1, -0.05) is 19.6 Å². The molecule has 0 aliphatic carbocycles. The van der Waals surface area contributed by atoms with Gasteiger partial charge >= 0.3 is 0 Å². The van der Waals surface area contributed by atoms with Crippen LogP contribution in [-0.4, -0.2) is 39.2 Å². The van der Waals surface area contributed by atoms with E-state index in [1.807, 2.05) is 6.92 Å². The third-order valence-corrected chi connectivity index (χ3v) is 3.96. The van der Waals surface area contributed by atoms with Crippen LogP contribution >= 0.6 is 0 Å². The summed E-state index contributed by atoms with van der Waals surface area (Å²) in [7, 11) is 2.97. The van der Waals surface area contributed by atoms with Gasteiger partial charge in [0, 0.05) is 11.1 Å². The van der Waals surface area contributed by atoms with Crippen molar-refractivity contribution < 1.29 is 28.5 Å². The molecule has 8 nitrogen and oxygen atoms in total. The Labute approximate surface area is 175 Å². The first kappa shape index (κ1) is 22.6. The maximum absolute atomic E-state index is 12.4. The summed E-state index contributed by atoms with van der Waals surface area (Å²) < 4.78 is 21.5. The molecule has 2 N–H and O–H groups in total. The van der Waals surface area contributed by atoms with Crippen LogP contribution in [0, 0.1) is 0 Å². The first-order valence-corrected chi connectivity index (χ1v) is 9.37. The minimum absolute atomic E-state index is 0.291. The van der Waals surface area contributed by atoms with Crippen molar-refractivity contribution in [3.63, 3.8) is 0 Å². The smallest absolute Gasteiger partial charge is 0.269 e. The summed E-state index contributed by atoms with van der Waals surface area (Å²) in [5, 5.41) is 0. The molecule has 0 spiro atoms. The highest BCUT2D eigenvalue weighted by Crippen LogP contribution is 2.29. The van der Waals surface area contributed by atoms with Gasteiger partial charge in [0.25, 0.3) is 11.8 Å². The Kier molecular flexibility index (Phi) is 8.56. The fourth-order valence-corrected chi connectivity index (χ4v) is 2.47. The molecular formula is C22H26N2O6.